The van der Waals surface area contributed by atoms with Crippen molar-refractivity contribution in [3.05, 3.63) is 46.2 Å². The molecule has 17 heavy (non-hydrogen) atoms. The van der Waals surface area contributed by atoms with Crippen molar-refractivity contribution >= 4 is 22.7 Å². The van der Waals surface area contributed by atoms with Crippen molar-refractivity contribution in [2.45, 2.75) is 19.9 Å². The van der Waals surface area contributed by atoms with Crippen LogP contribution in [0.5, 0.6) is 0 Å². The van der Waals surface area contributed by atoms with Crippen molar-refractivity contribution < 1.29 is 0 Å². The van der Waals surface area contributed by atoms with E-state index in [9.17, 15) is 0 Å². The molecule has 0 fully saturated rings. The highest BCUT2D eigenvalue weighted by atomic mass is 32.1. The first-order valence-corrected chi connectivity index (χ1v) is 6.60. The smallest absolute Gasteiger partial charge is 0.0604 e. The summed E-state index contributed by atoms with van der Waals surface area (Å²) in [7, 11) is 2.09. The summed E-state index contributed by atoms with van der Waals surface area (Å²) in [4.78, 5) is 3.58. The summed E-state index contributed by atoms with van der Waals surface area (Å²) in [6.45, 7) is 4.26. The predicted molar refractivity (Wildman–Crippen MR) is 76.7 cm³/mol. The lowest BCUT2D eigenvalue weighted by atomic mass is 10.1. The van der Waals surface area contributed by atoms with Gasteiger partial charge in [0, 0.05) is 11.9 Å². The fourth-order valence-corrected chi connectivity index (χ4v) is 2.75. The molecule has 1 aromatic heterocycles. The van der Waals surface area contributed by atoms with Crippen LogP contribution in [-0.4, -0.2) is 7.05 Å². The SMILES string of the molecule is Cc1ccc(N(C)C(C)c2cccs2)c(N)c1. The van der Waals surface area contributed by atoms with Gasteiger partial charge in [-0.05, 0) is 43.0 Å². The number of hydrogen-bond acceptors (Lipinski definition) is 3. The monoisotopic (exact) mass is 246 g/mol. The first-order chi connectivity index (χ1) is 8.09. The van der Waals surface area contributed by atoms with E-state index in [1.54, 1.807) is 11.3 Å². The van der Waals surface area contributed by atoms with Crippen LogP contribution in [0, 0.1) is 6.92 Å². The zero-order valence-electron chi connectivity index (χ0n) is 10.5. The van der Waals surface area contributed by atoms with Gasteiger partial charge < -0.3 is 10.6 Å². The Kier molecular flexibility index (Phi) is 3.38. The molecule has 0 aliphatic rings. The van der Waals surface area contributed by atoms with E-state index in [0.29, 0.717) is 6.04 Å². The second kappa shape index (κ2) is 4.80. The molecule has 2 aromatic rings. The molecule has 0 aliphatic carbocycles. The van der Waals surface area contributed by atoms with E-state index in [1.165, 1.54) is 10.4 Å². The van der Waals surface area contributed by atoms with Gasteiger partial charge in [0.05, 0.1) is 17.4 Å². The zero-order chi connectivity index (χ0) is 12.4. The van der Waals surface area contributed by atoms with Crippen molar-refractivity contribution in [2.75, 3.05) is 17.7 Å². The Morgan fingerprint density at radius 3 is 2.65 bits per heavy atom. The Labute approximate surface area is 107 Å². The first-order valence-electron chi connectivity index (χ1n) is 5.72. The highest BCUT2D eigenvalue weighted by molar-refractivity contribution is 7.10. The maximum Gasteiger partial charge on any atom is 0.0604 e. The van der Waals surface area contributed by atoms with Crippen LogP contribution < -0.4 is 10.6 Å². The minimum atomic E-state index is 0.347. The third-order valence-electron chi connectivity index (χ3n) is 3.10. The summed E-state index contributed by atoms with van der Waals surface area (Å²) in [5.74, 6) is 0. The van der Waals surface area contributed by atoms with E-state index in [1.807, 2.05) is 6.07 Å². The Bertz CT molecular complexity index is 491. The molecule has 0 radical (unpaired) electrons. The summed E-state index contributed by atoms with van der Waals surface area (Å²) >= 11 is 1.78. The number of anilines is 2. The largest absolute Gasteiger partial charge is 0.397 e. The fraction of sp³-hybridized carbons (Fsp3) is 0.286. The first kappa shape index (κ1) is 12.0. The molecule has 2 rings (SSSR count). The molecular formula is C14H18N2S. The van der Waals surface area contributed by atoms with Gasteiger partial charge in [-0.3, -0.25) is 0 Å². The molecule has 1 unspecified atom stereocenters. The second-order valence-corrected chi connectivity index (χ2v) is 5.34. The summed E-state index contributed by atoms with van der Waals surface area (Å²) in [6.07, 6.45) is 0. The van der Waals surface area contributed by atoms with Crippen molar-refractivity contribution in [3.8, 4) is 0 Å². The van der Waals surface area contributed by atoms with Crippen LogP contribution in [0.15, 0.2) is 35.7 Å². The number of nitrogens with zero attached hydrogens (tertiary/aromatic N) is 1. The van der Waals surface area contributed by atoms with Crippen LogP contribution in [-0.2, 0) is 0 Å². The highest BCUT2D eigenvalue weighted by Gasteiger charge is 2.14. The van der Waals surface area contributed by atoms with Gasteiger partial charge in [0.15, 0.2) is 0 Å². The van der Waals surface area contributed by atoms with Gasteiger partial charge >= 0.3 is 0 Å². The summed E-state index contributed by atoms with van der Waals surface area (Å²) < 4.78 is 0. The number of nitrogen functional groups attached to an aromatic ring is 1. The molecule has 1 atom stereocenters. The lowest BCUT2D eigenvalue weighted by Crippen LogP contribution is -2.21. The third-order valence-corrected chi connectivity index (χ3v) is 4.14. The molecule has 1 heterocycles. The molecule has 0 bridgehead atoms. The van der Waals surface area contributed by atoms with Crippen LogP contribution in [0.1, 0.15) is 23.4 Å². The molecule has 2 nitrogen and oxygen atoms in total. The number of nitrogens with two attached hydrogens (primary N) is 1. The zero-order valence-corrected chi connectivity index (χ0v) is 11.3. The normalized spacial score (nSPS) is 12.4. The molecule has 0 saturated carbocycles. The number of hydrogen-bond donors (Lipinski definition) is 1. The molecule has 3 heteroatoms. The van der Waals surface area contributed by atoms with Crippen molar-refractivity contribution in [3.63, 3.8) is 0 Å². The maximum absolute atomic E-state index is 6.08. The van der Waals surface area contributed by atoms with E-state index in [4.69, 9.17) is 5.73 Å². The Balaban J connectivity index is 2.28. The summed E-state index contributed by atoms with van der Waals surface area (Å²) in [5, 5.41) is 2.11. The van der Waals surface area contributed by atoms with Gasteiger partial charge in [0.1, 0.15) is 0 Å². The van der Waals surface area contributed by atoms with Crippen LogP contribution in [0.2, 0.25) is 0 Å². The Hall–Kier alpha value is -1.48. The molecule has 0 spiro atoms. The topological polar surface area (TPSA) is 29.3 Å². The average Bonchev–Trinajstić information content (AvgIpc) is 2.80. The molecule has 0 amide bonds. The van der Waals surface area contributed by atoms with Gasteiger partial charge in [-0.15, -0.1) is 11.3 Å². The molecule has 0 saturated heterocycles. The van der Waals surface area contributed by atoms with E-state index >= 15 is 0 Å². The van der Waals surface area contributed by atoms with E-state index in [2.05, 4.69) is 55.4 Å². The van der Waals surface area contributed by atoms with Crippen molar-refractivity contribution in [2.24, 2.45) is 0 Å². The third kappa shape index (κ3) is 2.44. The van der Waals surface area contributed by atoms with Gasteiger partial charge in [0.25, 0.3) is 0 Å². The van der Waals surface area contributed by atoms with Crippen LogP contribution in [0.4, 0.5) is 11.4 Å². The fourth-order valence-electron chi connectivity index (χ4n) is 1.92. The van der Waals surface area contributed by atoms with Gasteiger partial charge in [-0.25, -0.2) is 0 Å². The lowest BCUT2D eigenvalue weighted by molar-refractivity contribution is 0.755. The molecule has 1 aromatic carbocycles. The molecule has 2 N–H and O–H groups in total. The second-order valence-electron chi connectivity index (χ2n) is 4.36. The predicted octanol–water partition coefficient (Wildman–Crippen LogP) is 3.84. The lowest BCUT2D eigenvalue weighted by Gasteiger charge is -2.27. The van der Waals surface area contributed by atoms with E-state index in [-0.39, 0.29) is 0 Å². The van der Waals surface area contributed by atoms with Gasteiger partial charge in [0.2, 0.25) is 0 Å². The Morgan fingerprint density at radius 2 is 2.06 bits per heavy atom. The summed E-state index contributed by atoms with van der Waals surface area (Å²) in [5.41, 5.74) is 9.21. The number of thiophene rings is 1. The van der Waals surface area contributed by atoms with Crippen molar-refractivity contribution in [1.29, 1.82) is 0 Å². The maximum atomic E-state index is 6.08. The average molecular weight is 246 g/mol. The molecule has 90 valence electrons. The van der Waals surface area contributed by atoms with E-state index < -0.39 is 0 Å². The quantitative estimate of drug-likeness (QED) is 0.834. The van der Waals surface area contributed by atoms with E-state index in [0.717, 1.165) is 11.4 Å². The molecule has 0 aliphatic heterocycles. The molecular weight excluding hydrogens is 228 g/mol. The number of benzene rings is 1. The van der Waals surface area contributed by atoms with Crippen LogP contribution >= 0.6 is 11.3 Å². The van der Waals surface area contributed by atoms with Gasteiger partial charge in [-0.1, -0.05) is 12.1 Å². The minimum Gasteiger partial charge on any atom is -0.397 e. The number of aryl methyl sites for hydroxylation is 1. The summed E-state index contributed by atoms with van der Waals surface area (Å²) in [6, 6.07) is 10.8. The standard InChI is InChI=1S/C14H18N2S/c1-10-6-7-13(12(15)9-10)16(3)11(2)14-5-4-8-17-14/h4-9,11H,15H2,1-3H3. The van der Waals surface area contributed by atoms with Crippen LogP contribution in [0.25, 0.3) is 0 Å². The van der Waals surface area contributed by atoms with Gasteiger partial charge in [-0.2, -0.15) is 0 Å². The number of rotatable bonds is 3. The minimum absolute atomic E-state index is 0.347. The highest BCUT2D eigenvalue weighted by Crippen LogP contribution is 2.31. The Morgan fingerprint density at radius 1 is 1.29 bits per heavy atom. The van der Waals surface area contributed by atoms with Crippen molar-refractivity contribution in [1.82, 2.24) is 0 Å². The van der Waals surface area contributed by atoms with Crippen LogP contribution in [0.3, 0.4) is 0 Å².